The van der Waals surface area contributed by atoms with Crippen molar-refractivity contribution in [3.63, 3.8) is 0 Å². The van der Waals surface area contributed by atoms with E-state index in [0.717, 1.165) is 6.07 Å². The first kappa shape index (κ1) is 12.9. The van der Waals surface area contributed by atoms with Gasteiger partial charge in [-0.15, -0.1) is 0 Å². The molecule has 1 aromatic carbocycles. The van der Waals surface area contributed by atoms with E-state index in [1.807, 2.05) is 0 Å². The second-order valence-electron chi connectivity index (χ2n) is 4.22. The fraction of sp³-hybridized carbons (Fsp3) is 0.417. The van der Waals surface area contributed by atoms with E-state index in [9.17, 15) is 18.7 Å². The Balaban J connectivity index is 2.23. The summed E-state index contributed by atoms with van der Waals surface area (Å²) < 4.78 is 31.4. The quantitative estimate of drug-likeness (QED) is 0.886. The van der Waals surface area contributed by atoms with Crippen molar-refractivity contribution in [3.05, 3.63) is 35.4 Å². The Morgan fingerprint density at radius 1 is 1.50 bits per heavy atom. The topological polar surface area (TPSA) is 49.8 Å². The van der Waals surface area contributed by atoms with Crippen molar-refractivity contribution in [1.82, 2.24) is 4.90 Å². The van der Waals surface area contributed by atoms with Crippen LogP contribution < -0.4 is 0 Å². The molecule has 0 amide bonds. The van der Waals surface area contributed by atoms with Gasteiger partial charge in [0.1, 0.15) is 17.7 Å². The van der Waals surface area contributed by atoms with Crippen LogP contribution in [0.3, 0.4) is 0 Å². The molecule has 4 nitrogen and oxygen atoms in total. The van der Waals surface area contributed by atoms with Crippen LogP contribution in [-0.4, -0.2) is 42.3 Å². The first-order valence-electron chi connectivity index (χ1n) is 5.47. The smallest absolute Gasteiger partial charge is 0.325 e. The highest BCUT2D eigenvalue weighted by atomic mass is 19.1. The number of ether oxygens (including phenoxy) is 1. The summed E-state index contributed by atoms with van der Waals surface area (Å²) in [5, 5.41) is 9.17. The van der Waals surface area contributed by atoms with E-state index in [0.29, 0.717) is 19.2 Å². The highest BCUT2D eigenvalue weighted by Crippen LogP contribution is 2.29. The SMILES string of the molecule is COC1CN(C(C(=O)O)c2ccc(F)cc2F)C1. The first-order chi connectivity index (χ1) is 8.52. The minimum atomic E-state index is -1.16. The molecular formula is C12H13F2NO3. The Bertz CT molecular complexity index is 461. The molecule has 1 unspecified atom stereocenters. The summed E-state index contributed by atoms with van der Waals surface area (Å²) in [4.78, 5) is 12.8. The van der Waals surface area contributed by atoms with Crippen LogP contribution in [0.15, 0.2) is 18.2 Å². The predicted octanol–water partition coefficient (Wildman–Crippen LogP) is 1.42. The number of hydrogen-bond donors (Lipinski definition) is 1. The van der Waals surface area contributed by atoms with Crippen molar-refractivity contribution >= 4 is 5.97 Å². The maximum Gasteiger partial charge on any atom is 0.325 e. The first-order valence-corrected chi connectivity index (χ1v) is 5.47. The third-order valence-corrected chi connectivity index (χ3v) is 3.07. The van der Waals surface area contributed by atoms with E-state index in [4.69, 9.17) is 4.74 Å². The van der Waals surface area contributed by atoms with Gasteiger partial charge in [-0.05, 0) is 6.07 Å². The summed E-state index contributed by atoms with van der Waals surface area (Å²) in [5.74, 6) is -2.72. The highest BCUT2D eigenvalue weighted by molar-refractivity contribution is 5.75. The number of aliphatic carboxylic acids is 1. The van der Waals surface area contributed by atoms with E-state index >= 15 is 0 Å². The number of methoxy groups -OCH3 is 1. The average Bonchev–Trinajstić information content (AvgIpc) is 2.23. The molecule has 98 valence electrons. The fourth-order valence-corrected chi connectivity index (χ4v) is 2.04. The zero-order chi connectivity index (χ0) is 13.3. The molecule has 0 aliphatic carbocycles. The molecule has 0 spiro atoms. The van der Waals surface area contributed by atoms with Gasteiger partial charge >= 0.3 is 5.97 Å². The van der Waals surface area contributed by atoms with Gasteiger partial charge in [0.05, 0.1) is 6.10 Å². The van der Waals surface area contributed by atoms with Crippen molar-refractivity contribution in [3.8, 4) is 0 Å². The average molecular weight is 257 g/mol. The van der Waals surface area contributed by atoms with E-state index in [1.54, 1.807) is 4.90 Å². The van der Waals surface area contributed by atoms with Crippen LogP contribution >= 0.6 is 0 Å². The second-order valence-corrected chi connectivity index (χ2v) is 4.22. The number of nitrogens with zero attached hydrogens (tertiary/aromatic N) is 1. The third-order valence-electron chi connectivity index (χ3n) is 3.07. The molecule has 0 aromatic heterocycles. The molecule has 1 saturated heterocycles. The number of likely N-dealkylation sites (tertiary alicyclic amines) is 1. The van der Waals surface area contributed by atoms with Crippen LogP contribution in [0.5, 0.6) is 0 Å². The van der Waals surface area contributed by atoms with Crippen molar-refractivity contribution < 1.29 is 23.4 Å². The molecule has 1 aromatic rings. The third kappa shape index (κ3) is 2.34. The van der Waals surface area contributed by atoms with Crippen molar-refractivity contribution in [2.75, 3.05) is 20.2 Å². The molecule has 1 fully saturated rings. The maximum atomic E-state index is 13.6. The number of halogens is 2. The Morgan fingerprint density at radius 3 is 2.67 bits per heavy atom. The molecule has 18 heavy (non-hydrogen) atoms. The number of benzene rings is 1. The molecule has 1 aliphatic heterocycles. The Hall–Kier alpha value is -1.53. The van der Waals surface area contributed by atoms with E-state index in [1.165, 1.54) is 13.2 Å². The molecule has 0 saturated carbocycles. The van der Waals surface area contributed by atoms with Crippen LogP contribution in [0.2, 0.25) is 0 Å². The zero-order valence-corrected chi connectivity index (χ0v) is 9.77. The van der Waals surface area contributed by atoms with Crippen LogP contribution in [0.1, 0.15) is 11.6 Å². The fourth-order valence-electron chi connectivity index (χ4n) is 2.04. The highest BCUT2D eigenvalue weighted by Gasteiger charge is 2.38. The summed E-state index contributed by atoms with van der Waals surface area (Å²) in [6, 6.07) is 1.82. The van der Waals surface area contributed by atoms with Gasteiger partial charge in [0.15, 0.2) is 0 Å². The number of carboxylic acid groups (broad SMARTS) is 1. The number of carboxylic acids is 1. The number of carbonyl (C=O) groups is 1. The Morgan fingerprint density at radius 2 is 2.17 bits per heavy atom. The molecular weight excluding hydrogens is 244 g/mol. The van der Waals surface area contributed by atoms with Crippen LogP contribution in [0.25, 0.3) is 0 Å². The molecule has 1 heterocycles. The normalized spacial score (nSPS) is 18.4. The largest absolute Gasteiger partial charge is 0.480 e. The number of rotatable bonds is 4. The molecule has 1 N–H and O–H groups in total. The Kier molecular flexibility index (Phi) is 3.58. The summed E-state index contributed by atoms with van der Waals surface area (Å²) in [6.45, 7) is 0.842. The van der Waals surface area contributed by atoms with Crippen molar-refractivity contribution in [2.24, 2.45) is 0 Å². The molecule has 2 rings (SSSR count). The van der Waals surface area contributed by atoms with E-state index in [-0.39, 0.29) is 11.7 Å². The van der Waals surface area contributed by atoms with Crippen LogP contribution in [-0.2, 0) is 9.53 Å². The van der Waals surface area contributed by atoms with Crippen molar-refractivity contribution in [1.29, 1.82) is 0 Å². The zero-order valence-electron chi connectivity index (χ0n) is 9.77. The molecule has 1 aliphatic rings. The molecule has 0 radical (unpaired) electrons. The van der Waals surface area contributed by atoms with Gasteiger partial charge in [0.2, 0.25) is 0 Å². The standard InChI is InChI=1S/C12H13F2NO3/c1-18-8-5-15(6-8)11(12(16)17)9-3-2-7(13)4-10(9)14/h2-4,8,11H,5-6H2,1H3,(H,16,17). The summed E-state index contributed by atoms with van der Waals surface area (Å²) in [6.07, 6.45) is -0.0321. The van der Waals surface area contributed by atoms with Crippen LogP contribution in [0.4, 0.5) is 8.78 Å². The Labute approximate surface area is 103 Å². The van der Waals surface area contributed by atoms with Gasteiger partial charge in [0, 0.05) is 31.8 Å². The number of hydrogen-bond acceptors (Lipinski definition) is 3. The monoisotopic (exact) mass is 257 g/mol. The van der Waals surface area contributed by atoms with Gasteiger partial charge in [-0.25, -0.2) is 8.78 Å². The van der Waals surface area contributed by atoms with Gasteiger partial charge in [0.25, 0.3) is 0 Å². The van der Waals surface area contributed by atoms with Crippen molar-refractivity contribution in [2.45, 2.75) is 12.1 Å². The van der Waals surface area contributed by atoms with Gasteiger partial charge in [-0.3, -0.25) is 9.69 Å². The maximum absolute atomic E-state index is 13.6. The predicted molar refractivity (Wildman–Crippen MR) is 59.1 cm³/mol. The summed E-state index contributed by atoms with van der Waals surface area (Å²) >= 11 is 0. The lowest BCUT2D eigenvalue weighted by atomic mass is 10.00. The second kappa shape index (κ2) is 4.99. The lowest BCUT2D eigenvalue weighted by Gasteiger charge is -2.41. The van der Waals surface area contributed by atoms with E-state index < -0.39 is 23.6 Å². The van der Waals surface area contributed by atoms with Gasteiger partial charge in [-0.2, -0.15) is 0 Å². The van der Waals surface area contributed by atoms with E-state index in [2.05, 4.69) is 0 Å². The minimum Gasteiger partial charge on any atom is -0.480 e. The summed E-state index contributed by atoms with van der Waals surface area (Å²) in [7, 11) is 1.54. The summed E-state index contributed by atoms with van der Waals surface area (Å²) in [5.41, 5.74) is -0.0292. The lowest BCUT2D eigenvalue weighted by molar-refractivity contribution is -0.149. The molecule has 0 bridgehead atoms. The van der Waals surface area contributed by atoms with Gasteiger partial charge in [-0.1, -0.05) is 6.07 Å². The lowest BCUT2D eigenvalue weighted by Crippen LogP contribution is -2.54. The minimum absolute atomic E-state index is 0.0292. The molecule has 6 heteroatoms. The molecule has 1 atom stereocenters. The van der Waals surface area contributed by atoms with Gasteiger partial charge < -0.3 is 9.84 Å². The van der Waals surface area contributed by atoms with Crippen LogP contribution in [0, 0.1) is 11.6 Å².